The summed E-state index contributed by atoms with van der Waals surface area (Å²) in [7, 11) is 0. The van der Waals surface area contributed by atoms with Gasteiger partial charge in [-0.15, -0.1) is 0 Å². The third-order valence-electron chi connectivity index (χ3n) is 2.83. The lowest BCUT2D eigenvalue weighted by Crippen LogP contribution is -2.45. The van der Waals surface area contributed by atoms with E-state index < -0.39 is 17.4 Å². The van der Waals surface area contributed by atoms with Crippen LogP contribution in [0.5, 0.6) is 0 Å². The summed E-state index contributed by atoms with van der Waals surface area (Å²) in [6, 6.07) is 2.80. The van der Waals surface area contributed by atoms with Gasteiger partial charge in [0, 0.05) is 12.5 Å². The Morgan fingerprint density at radius 1 is 1.26 bits per heavy atom. The normalized spacial score (nSPS) is 15.4. The van der Waals surface area contributed by atoms with E-state index in [-0.39, 0.29) is 28.8 Å². The molecular formula is C14H16N2O3. The standard InChI is InChI=1S/C14H16N2O3/c1-8(17)15-10-7-5-6-9-11(10)13(19)16(12(9)18)14(2,3)4/h5-7H,1-4H3,(H,15,17)/i5D. The van der Waals surface area contributed by atoms with E-state index >= 15 is 0 Å². The Kier molecular flexibility index (Phi) is 2.62. The molecule has 3 amide bonds. The van der Waals surface area contributed by atoms with Crippen molar-refractivity contribution in [1.82, 2.24) is 4.90 Å². The van der Waals surface area contributed by atoms with E-state index in [0.717, 1.165) is 4.90 Å². The first-order valence-electron chi connectivity index (χ1n) is 6.44. The van der Waals surface area contributed by atoms with Gasteiger partial charge in [0.1, 0.15) is 0 Å². The van der Waals surface area contributed by atoms with Crippen LogP contribution in [0.1, 0.15) is 49.8 Å². The van der Waals surface area contributed by atoms with Gasteiger partial charge in [0.2, 0.25) is 5.91 Å². The number of hydrogen-bond acceptors (Lipinski definition) is 3. The van der Waals surface area contributed by atoms with Gasteiger partial charge in [-0.05, 0) is 32.9 Å². The summed E-state index contributed by atoms with van der Waals surface area (Å²) in [6.45, 7) is 6.59. The number of anilines is 1. The maximum Gasteiger partial charge on any atom is 0.264 e. The van der Waals surface area contributed by atoms with E-state index in [1.807, 2.05) is 0 Å². The fourth-order valence-electron chi connectivity index (χ4n) is 2.12. The van der Waals surface area contributed by atoms with Crippen molar-refractivity contribution in [1.29, 1.82) is 0 Å². The minimum atomic E-state index is -0.664. The van der Waals surface area contributed by atoms with E-state index in [4.69, 9.17) is 1.37 Å². The Bertz CT molecular complexity index is 632. The predicted molar refractivity (Wildman–Crippen MR) is 71.0 cm³/mol. The zero-order valence-corrected chi connectivity index (χ0v) is 11.3. The lowest BCUT2D eigenvalue weighted by Gasteiger charge is -2.29. The van der Waals surface area contributed by atoms with Crippen LogP contribution in [0.25, 0.3) is 0 Å². The molecule has 2 rings (SSSR count). The van der Waals surface area contributed by atoms with Crippen molar-refractivity contribution in [2.45, 2.75) is 33.2 Å². The fourth-order valence-corrected chi connectivity index (χ4v) is 2.12. The molecule has 1 aromatic carbocycles. The molecule has 19 heavy (non-hydrogen) atoms. The highest BCUT2D eigenvalue weighted by atomic mass is 16.2. The van der Waals surface area contributed by atoms with Gasteiger partial charge < -0.3 is 5.32 Å². The molecule has 0 aromatic heterocycles. The Morgan fingerprint density at radius 3 is 2.42 bits per heavy atom. The van der Waals surface area contributed by atoms with Gasteiger partial charge in [-0.2, -0.15) is 0 Å². The van der Waals surface area contributed by atoms with E-state index in [1.165, 1.54) is 19.1 Å². The first-order valence-corrected chi connectivity index (χ1v) is 5.94. The van der Waals surface area contributed by atoms with Crippen LogP contribution < -0.4 is 5.32 Å². The highest BCUT2D eigenvalue weighted by Gasteiger charge is 2.43. The number of amides is 3. The molecule has 5 heteroatoms. The number of carbonyl (C=O) groups is 3. The molecule has 0 unspecified atom stereocenters. The van der Waals surface area contributed by atoms with Crippen molar-refractivity contribution in [2.75, 3.05) is 5.32 Å². The molecule has 0 saturated heterocycles. The highest BCUT2D eigenvalue weighted by Crippen LogP contribution is 2.33. The molecule has 1 aromatic rings. The molecule has 0 saturated carbocycles. The van der Waals surface area contributed by atoms with Crippen LogP contribution >= 0.6 is 0 Å². The molecule has 0 aliphatic carbocycles. The number of rotatable bonds is 1. The van der Waals surface area contributed by atoms with Crippen LogP contribution in [0.3, 0.4) is 0 Å². The van der Waals surface area contributed by atoms with Crippen LogP contribution in [0.4, 0.5) is 5.69 Å². The van der Waals surface area contributed by atoms with Crippen LogP contribution in [0.2, 0.25) is 0 Å². The van der Waals surface area contributed by atoms with Crippen molar-refractivity contribution in [3.05, 3.63) is 29.3 Å². The lowest BCUT2D eigenvalue weighted by atomic mass is 10.1. The maximum atomic E-state index is 12.5. The summed E-state index contributed by atoms with van der Waals surface area (Å²) in [5.41, 5.74) is -0.120. The first-order chi connectivity index (χ1) is 9.12. The summed E-state index contributed by atoms with van der Waals surface area (Å²) in [5.74, 6) is -1.23. The van der Waals surface area contributed by atoms with E-state index in [2.05, 4.69) is 5.32 Å². The van der Waals surface area contributed by atoms with Crippen molar-refractivity contribution in [3.63, 3.8) is 0 Å². The van der Waals surface area contributed by atoms with Gasteiger partial charge in [-0.3, -0.25) is 19.3 Å². The minimum Gasteiger partial charge on any atom is -0.326 e. The average Bonchev–Trinajstić information content (AvgIpc) is 2.49. The zero-order valence-electron chi connectivity index (χ0n) is 12.3. The molecule has 1 heterocycles. The number of nitrogens with one attached hydrogen (secondary N) is 1. The Labute approximate surface area is 113 Å². The molecule has 0 fully saturated rings. The molecule has 0 atom stereocenters. The molecule has 0 bridgehead atoms. The third kappa shape index (κ3) is 2.12. The first kappa shape index (κ1) is 11.9. The van der Waals surface area contributed by atoms with Gasteiger partial charge in [0.15, 0.2) is 0 Å². The molecular weight excluding hydrogens is 244 g/mol. The van der Waals surface area contributed by atoms with Gasteiger partial charge in [0.05, 0.1) is 18.2 Å². The number of hydrogen-bond donors (Lipinski definition) is 1. The molecule has 0 spiro atoms. The molecule has 1 aliphatic heterocycles. The van der Waals surface area contributed by atoms with Crippen LogP contribution in [0.15, 0.2) is 18.2 Å². The number of imide groups is 1. The topological polar surface area (TPSA) is 66.5 Å². The van der Waals surface area contributed by atoms with Gasteiger partial charge >= 0.3 is 0 Å². The minimum absolute atomic E-state index is 0.0735. The number of fused-ring (bicyclic) bond motifs is 1. The zero-order chi connectivity index (χ0) is 15.2. The second-order valence-electron chi connectivity index (χ2n) is 5.46. The smallest absolute Gasteiger partial charge is 0.264 e. The van der Waals surface area contributed by atoms with Crippen LogP contribution in [-0.4, -0.2) is 28.2 Å². The quantitative estimate of drug-likeness (QED) is 0.787. The molecule has 1 N–H and O–H groups in total. The SMILES string of the molecule is [2H]c1cc(NC(C)=O)c2c(c1)C(=O)N(C(C)(C)C)C2=O. The average molecular weight is 261 g/mol. The monoisotopic (exact) mass is 261 g/mol. The predicted octanol–water partition coefficient (Wildman–Crippen LogP) is 2.04. The molecule has 5 nitrogen and oxygen atoms in total. The van der Waals surface area contributed by atoms with Crippen molar-refractivity contribution in [3.8, 4) is 0 Å². The summed E-state index contributed by atoms with van der Waals surface area (Å²) in [5, 5.41) is 2.51. The van der Waals surface area contributed by atoms with Gasteiger partial charge in [-0.25, -0.2) is 0 Å². The van der Waals surface area contributed by atoms with Crippen molar-refractivity contribution >= 4 is 23.4 Å². The second kappa shape index (κ2) is 4.19. The Morgan fingerprint density at radius 2 is 1.89 bits per heavy atom. The van der Waals surface area contributed by atoms with Crippen LogP contribution in [-0.2, 0) is 4.79 Å². The van der Waals surface area contributed by atoms with Crippen LogP contribution in [0, 0.1) is 0 Å². The molecule has 100 valence electrons. The molecule has 1 aliphatic rings. The second-order valence-corrected chi connectivity index (χ2v) is 5.46. The summed E-state index contributed by atoms with van der Waals surface area (Å²) in [6.07, 6.45) is 0. The largest absolute Gasteiger partial charge is 0.326 e. The summed E-state index contributed by atoms with van der Waals surface area (Å²) in [4.78, 5) is 37.2. The lowest BCUT2D eigenvalue weighted by molar-refractivity contribution is -0.114. The summed E-state index contributed by atoms with van der Waals surface area (Å²) < 4.78 is 7.69. The van der Waals surface area contributed by atoms with Gasteiger partial charge in [-0.1, -0.05) is 6.04 Å². The van der Waals surface area contributed by atoms with E-state index in [9.17, 15) is 14.4 Å². The van der Waals surface area contributed by atoms with Crippen molar-refractivity contribution < 1.29 is 15.8 Å². The number of carbonyl (C=O) groups excluding carboxylic acids is 3. The number of benzene rings is 1. The Hall–Kier alpha value is -2.17. The summed E-state index contributed by atoms with van der Waals surface area (Å²) >= 11 is 0. The van der Waals surface area contributed by atoms with Gasteiger partial charge in [0.25, 0.3) is 11.8 Å². The fraction of sp³-hybridized carbons (Fsp3) is 0.357. The highest BCUT2D eigenvalue weighted by molar-refractivity contribution is 6.24. The van der Waals surface area contributed by atoms with E-state index in [1.54, 1.807) is 20.8 Å². The van der Waals surface area contributed by atoms with E-state index in [0.29, 0.717) is 0 Å². The third-order valence-corrected chi connectivity index (χ3v) is 2.83. The Balaban J connectivity index is 2.63. The van der Waals surface area contributed by atoms with Crippen molar-refractivity contribution in [2.24, 2.45) is 0 Å². The number of nitrogens with zero attached hydrogens (tertiary/aromatic N) is 1. The maximum absolute atomic E-state index is 12.5. The molecule has 0 radical (unpaired) electrons.